The summed E-state index contributed by atoms with van der Waals surface area (Å²) in [6.45, 7) is 4.91. The van der Waals surface area contributed by atoms with E-state index in [9.17, 15) is 9.59 Å². The molecule has 2 rings (SSSR count). The van der Waals surface area contributed by atoms with E-state index in [2.05, 4.69) is 5.32 Å². The number of likely N-dealkylation sites (tertiary alicyclic amines) is 1. The number of carbonyl (C=O) groups is 2. The van der Waals surface area contributed by atoms with Gasteiger partial charge in [-0.2, -0.15) is 0 Å². The fourth-order valence-corrected chi connectivity index (χ4v) is 3.02. The number of aryl methyl sites for hydroxylation is 1. The lowest BCUT2D eigenvalue weighted by molar-refractivity contribution is -0.135. The second-order valence-corrected chi connectivity index (χ2v) is 6.85. The van der Waals surface area contributed by atoms with E-state index in [1.54, 1.807) is 0 Å². The topological polar surface area (TPSA) is 52.7 Å². The number of amides is 2. The molecule has 0 aliphatic carbocycles. The minimum atomic E-state index is 0.0367. The summed E-state index contributed by atoms with van der Waals surface area (Å²) in [5, 5.41) is 2.99. The fraction of sp³-hybridized carbons (Fsp3) is 0.579. The Hall–Kier alpha value is -1.88. The van der Waals surface area contributed by atoms with Gasteiger partial charge in [0.05, 0.1) is 6.42 Å². The molecular weight excluding hydrogens is 302 g/mol. The minimum absolute atomic E-state index is 0.0367. The van der Waals surface area contributed by atoms with Crippen LogP contribution in [0.15, 0.2) is 24.3 Å². The molecule has 5 nitrogen and oxygen atoms in total. The van der Waals surface area contributed by atoms with Crippen molar-refractivity contribution < 1.29 is 9.59 Å². The highest BCUT2D eigenvalue weighted by molar-refractivity contribution is 5.81. The number of nitrogens with one attached hydrogen (secondary N) is 1. The van der Waals surface area contributed by atoms with Gasteiger partial charge in [-0.15, -0.1) is 0 Å². The van der Waals surface area contributed by atoms with Crippen molar-refractivity contribution in [3.05, 3.63) is 35.4 Å². The summed E-state index contributed by atoms with van der Waals surface area (Å²) in [4.78, 5) is 28.6. The molecule has 1 fully saturated rings. The van der Waals surface area contributed by atoms with Crippen LogP contribution in [0.25, 0.3) is 0 Å². The van der Waals surface area contributed by atoms with E-state index in [0.717, 1.165) is 30.5 Å². The molecule has 132 valence electrons. The van der Waals surface area contributed by atoms with Gasteiger partial charge in [0.25, 0.3) is 0 Å². The van der Waals surface area contributed by atoms with E-state index in [1.165, 1.54) is 0 Å². The molecule has 2 amide bonds. The molecule has 1 saturated heterocycles. The normalized spacial score (nSPS) is 15.6. The predicted molar refractivity (Wildman–Crippen MR) is 95.8 cm³/mol. The second kappa shape index (κ2) is 8.83. The average molecular weight is 331 g/mol. The third-order valence-electron chi connectivity index (χ3n) is 4.68. The lowest BCUT2D eigenvalue weighted by Gasteiger charge is -2.31. The van der Waals surface area contributed by atoms with E-state index in [4.69, 9.17) is 0 Å². The number of hydrogen-bond acceptors (Lipinski definition) is 3. The minimum Gasteiger partial charge on any atom is -0.355 e. The number of rotatable bonds is 6. The maximum atomic E-state index is 12.5. The van der Waals surface area contributed by atoms with E-state index < -0.39 is 0 Å². The molecule has 0 spiro atoms. The predicted octanol–water partition coefficient (Wildman–Crippen LogP) is 1.45. The van der Waals surface area contributed by atoms with Crippen molar-refractivity contribution in [2.75, 3.05) is 40.3 Å². The van der Waals surface area contributed by atoms with Gasteiger partial charge in [-0.1, -0.05) is 24.3 Å². The van der Waals surface area contributed by atoms with Crippen LogP contribution in [0.3, 0.4) is 0 Å². The molecule has 0 aromatic heterocycles. The van der Waals surface area contributed by atoms with Crippen molar-refractivity contribution in [3.8, 4) is 0 Å². The van der Waals surface area contributed by atoms with Gasteiger partial charge in [0.15, 0.2) is 0 Å². The quantitative estimate of drug-likeness (QED) is 0.858. The summed E-state index contributed by atoms with van der Waals surface area (Å²) in [6, 6.07) is 8.01. The van der Waals surface area contributed by atoms with Crippen LogP contribution >= 0.6 is 0 Å². The highest BCUT2D eigenvalue weighted by Crippen LogP contribution is 2.19. The third kappa shape index (κ3) is 5.34. The second-order valence-electron chi connectivity index (χ2n) is 6.85. The molecule has 0 atom stereocenters. The Morgan fingerprint density at radius 3 is 2.50 bits per heavy atom. The summed E-state index contributed by atoms with van der Waals surface area (Å²) in [5.41, 5.74) is 2.24. The largest absolute Gasteiger partial charge is 0.355 e. The van der Waals surface area contributed by atoms with Crippen LogP contribution in [0, 0.1) is 12.8 Å². The lowest BCUT2D eigenvalue weighted by Crippen LogP contribution is -2.44. The molecule has 5 heteroatoms. The van der Waals surface area contributed by atoms with Gasteiger partial charge >= 0.3 is 0 Å². The van der Waals surface area contributed by atoms with Gasteiger partial charge in [0.1, 0.15) is 0 Å². The Kier molecular flexibility index (Phi) is 6.79. The molecule has 1 aliphatic heterocycles. The summed E-state index contributed by atoms with van der Waals surface area (Å²) < 4.78 is 0. The highest BCUT2D eigenvalue weighted by Gasteiger charge is 2.27. The molecule has 1 aromatic carbocycles. The molecule has 0 bridgehead atoms. The monoisotopic (exact) mass is 331 g/mol. The van der Waals surface area contributed by atoms with Gasteiger partial charge in [0.2, 0.25) is 11.8 Å². The van der Waals surface area contributed by atoms with Gasteiger partial charge in [-0.05, 0) is 45.0 Å². The van der Waals surface area contributed by atoms with Crippen LogP contribution in [0.5, 0.6) is 0 Å². The van der Waals surface area contributed by atoms with E-state index >= 15 is 0 Å². The molecule has 0 unspecified atom stereocenters. The van der Waals surface area contributed by atoms with Gasteiger partial charge in [0, 0.05) is 32.1 Å². The maximum Gasteiger partial charge on any atom is 0.226 e. The summed E-state index contributed by atoms with van der Waals surface area (Å²) >= 11 is 0. The van der Waals surface area contributed by atoms with Crippen LogP contribution in [-0.4, -0.2) is 61.9 Å². The molecule has 24 heavy (non-hydrogen) atoms. The standard InChI is InChI=1S/C19H29N3O2/c1-15-6-4-5-7-17(15)14-18(23)22-11-8-16(9-12-22)19(24)20-10-13-21(2)3/h4-7,16H,8-14H2,1-3H3,(H,20,24). The van der Waals surface area contributed by atoms with E-state index in [-0.39, 0.29) is 17.7 Å². The number of piperidine rings is 1. The Morgan fingerprint density at radius 2 is 1.88 bits per heavy atom. The van der Waals surface area contributed by atoms with Crippen LogP contribution in [0.2, 0.25) is 0 Å². The highest BCUT2D eigenvalue weighted by atomic mass is 16.2. The Morgan fingerprint density at radius 1 is 1.21 bits per heavy atom. The van der Waals surface area contributed by atoms with Crippen molar-refractivity contribution in [3.63, 3.8) is 0 Å². The lowest BCUT2D eigenvalue weighted by atomic mass is 9.95. The summed E-state index contributed by atoms with van der Waals surface area (Å²) in [7, 11) is 3.98. The van der Waals surface area contributed by atoms with Crippen molar-refractivity contribution >= 4 is 11.8 Å². The third-order valence-corrected chi connectivity index (χ3v) is 4.68. The Labute approximate surface area is 145 Å². The molecule has 1 aliphatic rings. The first-order chi connectivity index (χ1) is 11.5. The van der Waals surface area contributed by atoms with Crippen molar-refractivity contribution in [1.82, 2.24) is 15.1 Å². The number of likely N-dealkylation sites (N-methyl/N-ethyl adjacent to an activating group) is 1. The van der Waals surface area contributed by atoms with Crippen LogP contribution in [-0.2, 0) is 16.0 Å². The zero-order valence-electron chi connectivity index (χ0n) is 15.0. The Balaban J connectivity index is 1.76. The zero-order chi connectivity index (χ0) is 17.5. The molecule has 1 heterocycles. The SMILES string of the molecule is Cc1ccccc1CC(=O)N1CCC(C(=O)NCCN(C)C)CC1. The number of carbonyl (C=O) groups excluding carboxylic acids is 2. The van der Waals surface area contributed by atoms with Crippen LogP contribution in [0.1, 0.15) is 24.0 Å². The molecule has 0 radical (unpaired) electrons. The number of hydrogen-bond donors (Lipinski definition) is 1. The van der Waals surface area contributed by atoms with Gasteiger partial charge < -0.3 is 15.1 Å². The van der Waals surface area contributed by atoms with E-state index in [0.29, 0.717) is 26.1 Å². The summed E-state index contributed by atoms with van der Waals surface area (Å²) in [6.07, 6.45) is 1.97. The molecule has 1 N–H and O–H groups in total. The smallest absolute Gasteiger partial charge is 0.226 e. The molecular formula is C19H29N3O2. The summed E-state index contributed by atoms with van der Waals surface area (Å²) in [5.74, 6) is 0.327. The van der Waals surface area contributed by atoms with Crippen molar-refractivity contribution in [2.24, 2.45) is 5.92 Å². The molecule has 1 aromatic rings. The fourth-order valence-electron chi connectivity index (χ4n) is 3.02. The van der Waals surface area contributed by atoms with Crippen LogP contribution < -0.4 is 5.32 Å². The van der Waals surface area contributed by atoms with Crippen LogP contribution in [0.4, 0.5) is 0 Å². The zero-order valence-corrected chi connectivity index (χ0v) is 15.0. The number of benzene rings is 1. The first-order valence-corrected chi connectivity index (χ1v) is 8.72. The van der Waals surface area contributed by atoms with Gasteiger partial charge in [-0.3, -0.25) is 9.59 Å². The van der Waals surface area contributed by atoms with E-state index in [1.807, 2.05) is 55.1 Å². The van der Waals surface area contributed by atoms with Gasteiger partial charge in [-0.25, -0.2) is 0 Å². The average Bonchev–Trinajstić information content (AvgIpc) is 2.56. The number of nitrogens with zero attached hydrogens (tertiary/aromatic N) is 2. The van der Waals surface area contributed by atoms with Crippen molar-refractivity contribution in [1.29, 1.82) is 0 Å². The first kappa shape index (κ1) is 18.5. The maximum absolute atomic E-state index is 12.5. The first-order valence-electron chi connectivity index (χ1n) is 8.72. The van der Waals surface area contributed by atoms with Crippen molar-refractivity contribution in [2.45, 2.75) is 26.2 Å². The molecule has 0 saturated carbocycles. The Bertz CT molecular complexity index is 563.